The maximum absolute atomic E-state index is 12.0. The summed E-state index contributed by atoms with van der Waals surface area (Å²) in [5.41, 5.74) is 0.875. The molecule has 0 saturated carbocycles. The van der Waals surface area contributed by atoms with Crippen molar-refractivity contribution < 1.29 is 19.8 Å². The number of amides is 2. The Morgan fingerprint density at radius 2 is 2.00 bits per heavy atom. The number of phenols is 1. The highest BCUT2D eigenvalue weighted by Gasteiger charge is 2.26. The minimum atomic E-state index is -1.07. The number of aromatic hydroxyl groups is 1. The monoisotopic (exact) mass is 280 g/mol. The van der Waals surface area contributed by atoms with Crippen molar-refractivity contribution in [3.05, 3.63) is 29.3 Å². The number of aliphatic hydroxyl groups is 1. The molecule has 1 rings (SSSR count). The summed E-state index contributed by atoms with van der Waals surface area (Å²) >= 11 is 0. The third kappa shape index (κ3) is 3.96. The Labute approximate surface area is 117 Å². The third-order valence-corrected chi connectivity index (χ3v) is 2.80. The maximum Gasteiger partial charge on any atom is 0.255 e. The van der Waals surface area contributed by atoms with E-state index in [9.17, 15) is 19.8 Å². The molecule has 0 spiro atoms. The smallest absolute Gasteiger partial charge is 0.255 e. The standard InChI is InChI=1S/C14H20N2O4/c1-4-15-14(20)12(9(3)17)16-13(19)10-6-5-8(2)7-11(10)18/h5-7,9,12,17-18H,4H2,1-3H3,(H,15,20)(H,16,19). The first-order valence-electron chi connectivity index (χ1n) is 6.43. The summed E-state index contributed by atoms with van der Waals surface area (Å²) in [6, 6.07) is 3.54. The van der Waals surface area contributed by atoms with Gasteiger partial charge in [0, 0.05) is 6.54 Å². The van der Waals surface area contributed by atoms with E-state index in [-0.39, 0.29) is 11.3 Å². The second kappa shape index (κ2) is 6.91. The first-order valence-corrected chi connectivity index (χ1v) is 6.43. The van der Waals surface area contributed by atoms with Crippen molar-refractivity contribution in [3.8, 4) is 5.75 Å². The van der Waals surface area contributed by atoms with Crippen molar-refractivity contribution in [2.45, 2.75) is 32.9 Å². The normalized spacial score (nSPS) is 13.4. The average molecular weight is 280 g/mol. The molecule has 0 bridgehead atoms. The third-order valence-electron chi connectivity index (χ3n) is 2.80. The molecule has 0 aliphatic carbocycles. The van der Waals surface area contributed by atoms with Gasteiger partial charge >= 0.3 is 0 Å². The van der Waals surface area contributed by atoms with Crippen LogP contribution in [0.25, 0.3) is 0 Å². The Morgan fingerprint density at radius 3 is 2.50 bits per heavy atom. The lowest BCUT2D eigenvalue weighted by Gasteiger charge is -2.20. The van der Waals surface area contributed by atoms with Crippen LogP contribution < -0.4 is 10.6 Å². The van der Waals surface area contributed by atoms with Gasteiger partial charge < -0.3 is 20.8 Å². The molecule has 0 fully saturated rings. The molecule has 0 saturated heterocycles. The molecule has 20 heavy (non-hydrogen) atoms. The molecule has 110 valence electrons. The van der Waals surface area contributed by atoms with Crippen LogP contribution in [0.3, 0.4) is 0 Å². The molecule has 6 nitrogen and oxygen atoms in total. The SMILES string of the molecule is CCNC(=O)C(NC(=O)c1ccc(C)cc1O)C(C)O. The van der Waals surface area contributed by atoms with E-state index < -0.39 is 24.0 Å². The molecule has 1 aromatic rings. The van der Waals surface area contributed by atoms with Crippen molar-refractivity contribution in [3.63, 3.8) is 0 Å². The number of carbonyl (C=O) groups is 2. The number of likely N-dealkylation sites (N-methyl/N-ethyl adjacent to an activating group) is 1. The second-order valence-electron chi connectivity index (χ2n) is 4.61. The molecule has 0 heterocycles. The molecule has 0 aromatic heterocycles. The van der Waals surface area contributed by atoms with Gasteiger partial charge in [-0.25, -0.2) is 0 Å². The average Bonchev–Trinajstić information content (AvgIpc) is 2.35. The van der Waals surface area contributed by atoms with Crippen LogP contribution in [0.5, 0.6) is 5.75 Å². The van der Waals surface area contributed by atoms with Crippen LogP contribution >= 0.6 is 0 Å². The Morgan fingerprint density at radius 1 is 1.35 bits per heavy atom. The Kier molecular flexibility index (Phi) is 5.52. The highest BCUT2D eigenvalue weighted by Crippen LogP contribution is 2.18. The number of hydrogen-bond donors (Lipinski definition) is 4. The van der Waals surface area contributed by atoms with E-state index in [0.29, 0.717) is 6.54 Å². The van der Waals surface area contributed by atoms with E-state index in [1.165, 1.54) is 19.1 Å². The molecule has 6 heteroatoms. The zero-order valence-corrected chi connectivity index (χ0v) is 11.8. The van der Waals surface area contributed by atoms with E-state index in [1.54, 1.807) is 19.9 Å². The number of aryl methyl sites for hydroxylation is 1. The number of carbonyl (C=O) groups excluding carboxylic acids is 2. The van der Waals surface area contributed by atoms with Gasteiger partial charge in [-0.05, 0) is 38.5 Å². The minimum Gasteiger partial charge on any atom is -0.507 e. The van der Waals surface area contributed by atoms with Gasteiger partial charge in [0.1, 0.15) is 11.8 Å². The maximum atomic E-state index is 12.0. The van der Waals surface area contributed by atoms with E-state index in [2.05, 4.69) is 10.6 Å². The first kappa shape index (κ1) is 16.0. The summed E-state index contributed by atoms with van der Waals surface area (Å²) in [4.78, 5) is 23.8. The van der Waals surface area contributed by atoms with Gasteiger partial charge in [-0.3, -0.25) is 9.59 Å². The Balaban J connectivity index is 2.88. The lowest BCUT2D eigenvalue weighted by atomic mass is 10.1. The molecule has 2 atom stereocenters. The summed E-state index contributed by atoms with van der Waals surface area (Å²) in [5, 5.41) is 24.3. The van der Waals surface area contributed by atoms with Crippen LogP contribution in [0.15, 0.2) is 18.2 Å². The van der Waals surface area contributed by atoms with Crippen molar-refractivity contribution in [1.29, 1.82) is 0 Å². The van der Waals surface area contributed by atoms with Gasteiger partial charge in [-0.1, -0.05) is 6.07 Å². The van der Waals surface area contributed by atoms with Crippen LogP contribution in [0.1, 0.15) is 29.8 Å². The number of hydrogen-bond acceptors (Lipinski definition) is 4. The fourth-order valence-electron chi connectivity index (χ4n) is 1.74. The quantitative estimate of drug-likeness (QED) is 0.624. The molecule has 2 unspecified atom stereocenters. The number of phenolic OH excluding ortho intramolecular Hbond substituents is 1. The number of nitrogens with one attached hydrogen (secondary N) is 2. The molecule has 0 aliphatic rings. The van der Waals surface area contributed by atoms with Gasteiger partial charge in [0.25, 0.3) is 5.91 Å². The van der Waals surface area contributed by atoms with Crippen molar-refractivity contribution >= 4 is 11.8 Å². The largest absolute Gasteiger partial charge is 0.507 e. The van der Waals surface area contributed by atoms with E-state index in [1.807, 2.05) is 0 Å². The molecule has 0 radical (unpaired) electrons. The van der Waals surface area contributed by atoms with Crippen LogP contribution in [-0.4, -0.2) is 40.7 Å². The fourth-order valence-corrected chi connectivity index (χ4v) is 1.74. The van der Waals surface area contributed by atoms with Gasteiger partial charge in [-0.15, -0.1) is 0 Å². The Bertz CT molecular complexity index is 500. The molecule has 4 N–H and O–H groups in total. The second-order valence-corrected chi connectivity index (χ2v) is 4.61. The predicted molar refractivity (Wildman–Crippen MR) is 74.5 cm³/mol. The zero-order valence-electron chi connectivity index (χ0n) is 11.8. The molecule has 0 aliphatic heterocycles. The van der Waals surface area contributed by atoms with Crippen LogP contribution in [0, 0.1) is 6.92 Å². The summed E-state index contributed by atoms with van der Waals surface area (Å²) in [6.45, 7) is 5.34. The summed E-state index contributed by atoms with van der Waals surface area (Å²) < 4.78 is 0. The van der Waals surface area contributed by atoms with Gasteiger partial charge in [0.2, 0.25) is 5.91 Å². The lowest BCUT2D eigenvalue weighted by Crippen LogP contribution is -2.52. The van der Waals surface area contributed by atoms with Crippen LogP contribution in [0.4, 0.5) is 0 Å². The van der Waals surface area contributed by atoms with Gasteiger partial charge in [-0.2, -0.15) is 0 Å². The number of rotatable bonds is 5. The highest BCUT2D eigenvalue weighted by molar-refractivity contribution is 5.99. The van der Waals surface area contributed by atoms with Gasteiger partial charge in [0.05, 0.1) is 11.7 Å². The molecule has 1 aromatic carbocycles. The summed E-state index contributed by atoms with van der Waals surface area (Å²) in [6.07, 6.45) is -1.04. The fraction of sp³-hybridized carbons (Fsp3) is 0.429. The van der Waals surface area contributed by atoms with Crippen molar-refractivity contribution in [2.24, 2.45) is 0 Å². The van der Waals surface area contributed by atoms with Crippen LogP contribution in [-0.2, 0) is 4.79 Å². The van der Waals surface area contributed by atoms with Crippen molar-refractivity contribution in [2.75, 3.05) is 6.54 Å². The summed E-state index contributed by atoms with van der Waals surface area (Å²) in [7, 11) is 0. The lowest BCUT2D eigenvalue weighted by molar-refractivity contribution is -0.125. The highest BCUT2D eigenvalue weighted by atomic mass is 16.3. The number of benzene rings is 1. The molecular weight excluding hydrogens is 260 g/mol. The predicted octanol–water partition coefficient (Wildman–Crippen LogP) is 0.316. The van der Waals surface area contributed by atoms with E-state index >= 15 is 0 Å². The first-order chi connectivity index (χ1) is 9.36. The van der Waals surface area contributed by atoms with Gasteiger partial charge in [0.15, 0.2) is 0 Å². The van der Waals surface area contributed by atoms with E-state index in [4.69, 9.17) is 0 Å². The molecule has 2 amide bonds. The number of aliphatic hydroxyl groups excluding tert-OH is 1. The topological polar surface area (TPSA) is 98.7 Å². The molecular formula is C14H20N2O4. The van der Waals surface area contributed by atoms with Crippen LogP contribution in [0.2, 0.25) is 0 Å². The summed E-state index contributed by atoms with van der Waals surface area (Å²) in [5.74, 6) is -1.25. The zero-order chi connectivity index (χ0) is 15.3. The Hall–Kier alpha value is -2.08. The minimum absolute atomic E-state index is 0.0607. The van der Waals surface area contributed by atoms with E-state index in [0.717, 1.165) is 5.56 Å². The van der Waals surface area contributed by atoms with Crippen molar-refractivity contribution in [1.82, 2.24) is 10.6 Å².